The van der Waals surface area contributed by atoms with Gasteiger partial charge in [-0.15, -0.1) is 0 Å². The minimum Gasteiger partial charge on any atom is -0.456 e. The number of furan rings is 1. The topological polar surface area (TPSA) is 64.7 Å². The van der Waals surface area contributed by atoms with Gasteiger partial charge in [-0.05, 0) is 86.0 Å². The van der Waals surface area contributed by atoms with Gasteiger partial charge >= 0.3 is 0 Å². The number of para-hydroxylation sites is 1. The van der Waals surface area contributed by atoms with Gasteiger partial charge < -0.3 is 4.42 Å². The summed E-state index contributed by atoms with van der Waals surface area (Å²) in [5.41, 5.74) is 18.5. The van der Waals surface area contributed by atoms with Gasteiger partial charge in [0, 0.05) is 39.9 Å². The first-order chi connectivity index (χ1) is 30.7. The molecule has 13 rings (SSSR count). The standard InChI is InChI=1S/C57H34N4O/c1-3-15-35(16-4-1)51-32-52(61-56(60-51)38-33-58-55(59-34-38)36-17-5-2-6-18-36)37-27-28-43-40-20-8-7-19-39(40)41-21-9-12-24-47(41)57(49(43)29-37)48-25-13-10-22-42(48)45-31-54-46(30-50(45)57)44-23-11-14-26-53(44)62-54/h1-34H. The fraction of sp³-hybridized carbons (Fsp3) is 0.0175. The molecule has 2 aliphatic carbocycles. The summed E-state index contributed by atoms with van der Waals surface area (Å²) in [5.74, 6) is 1.22. The minimum atomic E-state index is -0.696. The Kier molecular flexibility index (Phi) is 7.45. The predicted molar refractivity (Wildman–Crippen MR) is 248 cm³/mol. The first-order valence-corrected chi connectivity index (χ1v) is 20.9. The molecule has 1 spiro atoms. The minimum absolute atomic E-state index is 0.562. The maximum Gasteiger partial charge on any atom is 0.163 e. The summed E-state index contributed by atoms with van der Waals surface area (Å²) in [6, 6.07) is 69.2. The van der Waals surface area contributed by atoms with Crippen molar-refractivity contribution in [1.29, 1.82) is 0 Å². The van der Waals surface area contributed by atoms with Crippen LogP contribution in [0.4, 0.5) is 0 Å². The normalized spacial score (nSPS) is 14.5. The average molecular weight is 791 g/mol. The van der Waals surface area contributed by atoms with E-state index in [0.717, 1.165) is 55.6 Å². The maximum absolute atomic E-state index is 6.56. The van der Waals surface area contributed by atoms with Crippen LogP contribution in [-0.2, 0) is 5.41 Å². The summed E-state index contributed by atoms with van der Waals surface area (Å²) in [6.45, 7) is 0. The molecule has 1 atom stereocenters. The third kappa shape index (κ3) is 5.02. The Morgan fingerprint density at radius 3 is 1.58 bits per heavy atom. The lowest BCUT2D eigenvalue weighted by Crippen LogP contribution is -2.29. The number of rotatable bonds is 4. The van der Waals surface area contributed by atoms with Crippen molar-refractivity contribution >= 4 is 21.9 Å². The second-order valence-electron chi connectivity index (χ2n) is 16.1. The van der Waals surface area contributed by atoms with Gasteiger partial charge in [-0.3, -0.25) is 0 Å². The monoisotopic (exact) mass is 790 g/mol. The van der Waals surface area contributed by atoms with E-state index in [1.165, 1.54) is 55.6 Å². The third-order valence-corrected chi connectivity index (χ3v) is 12.8. The second-order valence-corrected chi connectivity index (χ2v) is 16.1. The molecule has 5 nitrogen and oxygen atoms in total. The highest BCUT2D eigenvalue weighted by molar-refractivity contribution is 6.09. The van der Waals surface area contributed by atoms with Crippen molar-refractivity contribution in [2.75, 3.05) is 0 Å². The van der Waals surface area contributed by atoms with E-state index in [4.69, 9.17) is 24.4 Å². The van der Waals surface area contributed by atoms with E-state index >= 15 is 0 Å². The molecule has 11 aromatic rings. The van der Waals surface area contributed by atoms with Crippen molar-refractivity contribution < 1.29 is 4.42 Å². The SMILES string of the molecule is c1ccc(-c2cc(-c3ccc4c(c3)C3(c5ccccc5-c5ccccc5-4)c4ccccc4-c4cc5oc6ccccc6c5cc43)nc(-c3cnc(-c4ccccc4)nc3)n2)cc1. The van der Waals surface area contributed by atoms with Crippen molar-refractivity contribution in [2.24, 2.45) is 0 Å². The Balaban J connectivity index is 1.10. The average Bonchev–Trinajstić information content (AvgIpc) is 3.83. The van der Waals surface area contributed by atoms with E-state index in [9.17, 15) is 0 Å². The number of fused-ring (bicyclic) bond motifs is 15. The molecule has 8 aromatic carbocycles. The Labute approximate surface area is 357 Å². The van der Waals surface area contributed by atoms with Gasteiger partial charge in [-0.2, -0.15) is 0 Å². The van der Waals surface area contributed by atoms with Crippen molar-refractivity contribution in [3.8, 4) is 78.7 Å². The molecule has 0 saturated carbocycles. The molecule has 3 aromatic heterocycles. The van der Waals surface area contributed by atoms with Gasteiger partial charge in [-0.25, -0.2) is 19.9 Å². The van der Waals surface area contributed by atoms with Crippen LogP contribution in [0.15, 0.2) is 211 Å². The number of nitrogens with zero attached hydrogens (tertiary/aromatic N) is 4. The first kappa shape index (κ1) is 34.6. The smallest absolute Gasteiger partial charge is 0.163 e. The quantitative estimate of drug-likeness (QED) is 0.178. The molecule has 0 aliphatic heterocycles. The van der Waals surface area contributed by atoms with Gasteiger partial charge in [0.05, 0.1) is 22.4 Å². The van der Waals surface area contributed by atoms with E-state index in [1.54, 1.807) is 0 Å². The predicted octanol–water partition coefficient (Wildman–Crippen LogP) is 13.8. The summed E-state index contributed by atoms with van der Waals surface area (Å²) in [5, 5.41) is 2.22. The molecule has 62 heavy (non-hydrogen) atoms. The largest absolute Gasteiger partial charge is 0.456 e. The van der Waals surface area contributed by atoms with Crippen LogP contribution in [0.25, 0.3) is 101 Å². The molecular weight excluding hydrogens is 757 g/mol. The number of aromatic nitrogens is 4. The van der Waals surface area contributed by atoms with Crippen molar-refractivity contribution in [2.45, 2.75) is 5.41 Å². The Morgan fingerprint density at radius 2 is 0.871 bits per heavy atom. The summed E-state index contributed by atoms with van der Waals surface area (Å²) >= 11 is 0. The molecule has 3 heterocycles. The van der Waals surface area contributed by atoms with E-state index in [0.29, 0.717) is 11.6 Å². The molecule has 0 saturated heterocycles. The fourth-order valence-electron chi connectivity index (χ4n) is 10.1. The summed E-state index contributed by atoms with van der Waals surface area (Å²) in [7, 11) is 0. The summed E-state index contributed by atoms with van der Waals surface area (Å²) in [4.78, 5) is 20.0. The third-order valence-electron chi connectivity index (χ3n) is 12.8. The first-order valence-electron chi connectivity index (χ1n) is 20.9. The lowest BCUT2D eigenvalue weighted by atomic mass is 9.65. The van der Waals surface area contributed by atoms with Crippen LogP contribution in [0.2, 0.25) is 0 Å². The van der Waals surface area contributed by atoms with Crippen LogP contribution in [-0.4, -0.2) is 19.9 Å². The van der Waals surface area contributed by atoms with Crippen molar-refractivity contribution in [1.82, 2.24) is 19.9 Å². The number of benzene rings is 8. The van der Waals surface area contributed by atoms with Gasteiger partial charge in [0.2, 0.25) is 0 Å². The van der Waals surface area contributed by atoms with Crippen LogP contribution in [0.3, 0.4) is 0 Å². The highest BCUT2D eigenvalue weighted by Gasteiger charge is 2.50. The zero-order valence-corrected chi connectivity index (χ0v) is 33.3. The van der Waals surface area contributed by atoms with Gasteiger partial charge in [0.1, 0.15) is 11.2 Å². The molecule has 0 radical (unpaired) electrons. The highest BCUT2D eigenvalue weighted by atomic mass is 16.3. The zero-order valence-electron chi connectivity index (χ0n) is 33.3. The van der Waals surface area contributed by atoms with Crippen molar-refractivity contribution in [3.63, 3.8) is 0 Å². The second kappa shape index (κ2) is 13.4. The van der Waals surface area contributed by atoms with Crippen LogP contribution in [0, 0.1) is 0 Å². The van der Waals surface area contributed by atoms with Gasteiger partial charge in [-0.1, -0.05) is 164 Å². The van der Waals surface area contributed by atoms with Crippen LogP contribution >= 0.6 is 0 Å². The van der Waals surface area contributed by atoms with E-state index in [-0.39, 0.29) is 0 Å². The Morgan fingerprint density at radius 1 is 0.323 bits per heavy atom. The van der Waals surface area contributed by atoms with E-state index in [1.807, 2.05) is 67.0 Å². The zero-order chi connectivity index (χ0) is 40.8. The lowest BCUT2D eigenvalue weighted by molar-refractivity contribution is 0.668. The Bertz CT molecular complexity index is 3580. The summed E-state index contributed by atoms with van der Waals surface area (Å²) < 4.78 is 6.56. The molecule has 1 unspecified atom stereocenters. The van der Waals surface area contributed by atoms with Gasteiger partial charge in [0.15, 0.2) is 11.6 Å². The highest BCUT2D eigenvalue weighted by Crippen LogP contribution is 2.62. The van der Waals surface area contributed by atoms with Crippen LogP contribution in [0.5, 0.6) is 0 Å². The van der Waals surface area contributed by atoms with Gasteiger partial charge in [0.25, 0.3) is 0 Å². The lowest BCUT2D eigenvalue weighted by Gasteiger charge is -2.35. The Hall–Kier alpha value is -8.28. The number of hydrogen-bond donors (Lipinski definition) is 0. The molecule has 288 valence electrons. The molecule has 0 N–H and O–H groups in total. The molecule has 0 bridgehead atoms. The molecule has 0 amide bonds. The fourth-order valence-corrected chi connectivity index (χ4v) is 10.1. The molecule has 2 aliphatic rings. The summed E-state index contributed by atoms with van der Waals surface area (Å²) in [6.07, 6.45) is 3.66. The van der Waals surface area contributed by atoms with Crippen LogP contribution in [0.1, 0.15) is 22.3 Å². The molecule has 0 fully saturated rings. The molecular formula is C57H34N4O. The van der Waals surface area contributed by atoms with E-state index in [2.05, 4.69) is 140 Å². The molecule has 5 heteroatoms. The van der Waals surface area contributed by atoms with Crippen LogP contribution < -0.4 is 0 Å². The van der Waals surface area contributed by atoms with Crippen molar-refractivity contribution in [3.05, 3.63) is 229 Å². The van der Waals surface area contributed by atoms with E-state index < -0.39 is 5.41 Å². The number of hydrogen-bond acceptors (Lipinski definition) is 5. The maximum atomic E-state index is 6.56.